The summed E-state index contributed by atoms with van der Waals surface area (Å²) < 4.78 is 12.1. The Morgan fingerprint density at radius 3 is 2.14 bits per heavy atom. The molecule has 0 saturated carbocycles. The third-order valence-electron chi connectivity index (χ3n) is 9.80. The van der Waals surface area contributed by atoms with E-state index in [0.29, 0.717) is 47.1 Å². The van der Waals surface area contributed by atoms with Gasteiger partial charge >= 0.3 is 5.97 Å². The lowest BCUT2D eigenvalue weighted by atomic mass is 9.77. The van der Waals surface area contributed by atoms with Crippen molar-refractivity contribution < 1.29 is 23.9 Å². The molecule has 2 aromatic carbocycles. The summed E-state index contributed by atoms with van der Waals surface area (Å²) in [4.78, 5) is 43.9. The van der Waals surface area contributed by atoms with Crippen molar-refractivity contribution in [2.45, 2.75) is 113 Å². The molecule has 0 radical (unpaired) electrons. The first-order chi connectivity index (χ1) is 22.9. The van der Waals surface area contributed by atoms with E-state index in [1.165, 1.54) is 0 Å². The largest absolute Gasteiger partial charge is 0.460 e. The van der Waals surface area contributed by atoms with Crippen molar-refractivity contribution in [3.8, 4) is 0 Å². The molecule has 1 aliphatic heterocycles. The fourth-order valence-corrected chi connectivity index (χ4v) is 7.13. The van der Waals surface area contributed by atoms with Crippen LogP contribution < -0.4 is 0 Å². The predicted molar refractivity (Wildman–Crippen MR) is 199 cm³/mol. The van der Waals surface area contributed by atoms with Crippen LogP contribution in [-0.4, -0.2) is 65.5 Å². The lowest BCUT2D eigenvalue weighted by Gasteiger charge is -2.42. The van der Waals surface area contributed by atoms with Crippen molar-refractivity contribution in [1.29, 1.82) is 0 Å². The van der Waals surface area contributed by atoms with Gasteiger partial charge in [0, 0.05) is 25.2 Å². The van der Waals surface area contributed by atoms with Crippen LogP contribution in [0.2, 0.25) is 10.0 Å². The van der Waals surface area contributed by atoms with Crippen LogP contribution in [0.15, 0.2) is 36.4 Å². The van der Waals surface area contributed by atoms with E-state index in [0.717, 1.165) is 42.4 Å². The predicted octanol–water partition coefficient (Wildman–Crippen LogP) is 9.49. The molecule has 272 valence electrons. The molecule has 0 bridgehead atoms. The lowest BCUT2D eigenvalue weighted by Crippen LogP contribution is -2.53. The molecule has 1 heterocycles. The summed E-state index contributed by atoms with van der Waals surface area (Å²) in [5.41, 5.74) is 3.02. The Hall–Kier alpha value is -2.61. The van der Waals surface area contributed by atoms with E-state index in [9.17, 15) is 14.4 Å². The lowest BCUT2D eigenvalue weighted by molar-refractivity contribution is -0.159. The van der Waals surface area contributed by atoms with Crippen molar-refractivity contribution in [1.82, 2.24) is 9.80 Å². The minimum Gasteiger partial charge on any atom is -0.460 e. The van der Waals surface area contributed by atoms with E-state index in [1.807, 2.05) is 75.6 Å². The van der Waals surface area contributed by atoms with Gasteiger partial charge < -0.3 is 19.3 Å². The Bertz CT molecular complexity index is 1420. The Kier molecular flexibility index (Phi) is 15.0. The molecule has 0 N–H and O–H groups in total. The fraction of sp³-hybridized carbons (Fsp3) is 0.625. The smallest absolute Gasteiger partial charge is 0.309 e. The standard InChI is InChI=1S/C40H58Cl2N2O5/c1-11-36(32(29(7)25(2)3)14-12-13-28(6)39(47)49-40(8,9)10)48-24-37(45)44-18-17-43(38(46)31-20-26(4)19-27(5)21-31)23-35(44)30-15-16-33(41)34(42)22-30/h15-16,19-22,25,28-29,32,35-36H,11-14,17-18,23-24H2,1-10H3/t28?,29-,32+,35-,36-/m0/s1. The highest BCUT2D eigenvalue weighted by Gasteiger charge is 2.36. The number of halogens is 2. The molecular formula is C40H58Cl2N2O5. The van der Waals surface area contributed by atoms with Crippen LogP contribution in [0, 0.1) is 37.5 Å². The molecule has 0 spiro atoms. The zero-order valence-corrected chi connectivity index (χ0v) is 32.8. The highest BCUT2D eigenvalue weighted by Crippen LogP contribution is 2.34. The highest BCUT2D eigenvalue weighted by atomic mass is 35.5. The van der Waals surface area contributed by atoms with Crippen molar-refractivity contribution in [3.05, 3.63) is 68.7 Å². The summed E-state index contributed by atoms with van der Waals surface area (Å²) in [6.07, 6.45) is 3.15. The van der Waals surface area contributed by atoms with Gasteiger partial charge in [-0.3, -0.25) is 14.4 Å². The van der Waals surface area contributed by atoms with E-state index in [4.69, 9.17) is 32.7 Å². The van der Waals surface area contributed by atoms with Crippen LogP contribution in [-0.2, 0) is 19.1 Å². The summed E-state index contributed by atoms with van der Waals surface area (Å²) >= 11 is 12.7. The van der Waals surface area contributed by atoms with Gasteiger partial charge in [0.15, 0.2) is 0 Å². The molecule has 9 heteroatoms. The summed E-state index contributed by atoms with van der Waals surface area (Å²) in [5.74, 6) is 0.490. The minimum absolute atomic E-state index is 0.0576. The zero-order chi connectivity index (χ0) is 36.6. The maximum Gasteiger partial charge on any atom is 0.309 e. The second-order valence-corrected chi connectivity index (χ2v) is 16.1. The van der Waals surface area contributed by atoms with Crippen LogP contribution in [0.3, 0.4) is 0 Å². The van der Waals surface area contributed by atoms with Crippen molar-refractivity contribution in [3.63, 3.8) is 0 Å². The Morgan fingerprint density at radius 2 is 1.57 bits per heavy atom. The molecule has 0 aromatic heterocycles. The van der Waals surface area contributed by atoms with Crippen LogP contribution in [0.4, 0.5) is 0 Å². The van der Waals surface area contributed by atoms with Gasteiger partial charge in [-0.15, -0.1) is 0 Å². The second-order valence-electron chi connectivity index (χ2n) is 15.3. The molecule has 0 aliphatic carbocycles. The molecule has 1 aliphatic rings. The number of aryl methyl sites for hydroxylation is 2. The zero-order valence-electron chi connectivity index (χ0n) is 31.3. The summed E-state index contributed by atoms with van der Waals surface area (Å²) in [5, 5.41) is 0.834. The number of piperazine rings is 1. The normalized spacial score (nSPS) is 17.9. The Morgan fingerprint density at radius 1 is 0.918 bits per heavy atom. The summed E-state index contributed by atoms with van der Waals surface area (Å²) in [6.45, 7) is 21.4. The third-order valence-corrected chi connectivity index (χ3v) is 10.5. The summed E-state index contributed by atoms with van der Waals surface area (Å²) in [6, 6.07) is 10.9. The number of rotatable bonds is 14. The molecule has 3 rings (SSSR count). The van der Waals surface area contributed by atoms with E-state index >= 15 is 0 Å². The molecule has 49 heavy (non-hydrogen) atoms. The van der Waals surface area contributed by atoms with Gasteiger partial charge in [0.05, 0.1) is 28.1 Å². The van der Waals surface area contributed by atoms with Gasteiger partial charge in [-0.2, -0.15) is 0 Å². The molecule has 2 aromatic rings. The molecule has 2 amide bonds. The second kappa shape index (κ2) is 18.1. The van der Waals surface area contributed by atoms with Gasteiger partial charge in [0.25, 0.3) is 5.91 Å². The van der Waals surface area contributed by atoms with E-state index < -0.39 is 11.6 Å². The number of carbonyl (C=O) groups is 3. The molecule has 1 saturated heterocycles. The maximum atomic E-state index is 14.0. The number of nitrogens with zero attached hydrogens (tertiary/aromatic N) is 2. The number of benzene rings is 2. The van der Waals surface area contributed by atoms with Crippen LogP contribution in [0.25, 0.3) is 0 Å². The van der Waals surface area contributed by atoms with Crippen molar-refractivity contribution in [2.75, 3.05) is 26.2 Å². The average Bonchev–Trinajstić information content (AvgIpc) is 3.02. The number of carbonyl (C=O) groups excluding carboxylic acids is 3. The summed E-state index contributed by atoms with van der Waals surface area (Å²) in [7, 11) is 0. The fourth-order valence-electron chi connectivity index (χ4n) is 6.82. The van der Waals surface area contributed by atoms with Gasteiger partial charge in [-0.25, -0.2) is 0 Å². The van der Waals surface area contributed by atoms with Gasteiger partial charge in [0.1, 0.15) is 12.2 Å². The van der Waals surface area contributed by atoms with Gasteiger partial charge in [-0.1, -0.05) is 87.5 Å². The average molecular weight is 718 g/mol. The van der Waals surface area contributed by atoms with E-state index in [2.05, 4.69) is 27.7 Å². The minimum atomic E-state index is -0.505. The molecule has 5 atom stereocenters. The van der Waals surface area contributed by atoms with Gasteiger partial charge in [0.2, 0.25) is 5.91 Å². The monoisotopic (exact) mass is 716 g/mol. The molecule has 7 nitrogen and oxygen atoms in total. The van der Waals surface area contributed by atoms with E-state index in [1.54, 1.807) is 12.1 Å². The van der Waals surface area contributed by atoms with E-state index in [-0.39, 0.29) is 42.3 Å². The maximum absolute atomic E-state index is 14.0. The quantitative estimate of drug-likeness (QED) is 0.182. The van der Waals surface area contributed by atoms with Crippen molar-refractivity contribution in [2.24, 2.45) is 23.7 Å². The number of hydrogen-bond acceptors (Lipinski definition) is 5. The molecule has 1 fully saturated rings. The first-order valence-corrected chi connectivity index (χ1v) is 18.6. The first kappa shape index (κ1) is 40.8. The Balaban J connectivity index is 1.76. The number of hydrogen-bond donors (Lipinski definition) is 0. The number of esters is 1. The molecule has 1 unspecified atom stereocenters. The number of amides is 2. The highest BCUT2D eigenvalue weighted by molar-refractivity contribution is 6.42. The number of ether oxygens (including phenoxy) is 2. The van der Waals surface area contributed by atoms with Gasteiger partial charge in [-0.05, 0) is 101 Å². The van der Waals surface area contributed by atoms with Crippen LogP contribution >= 0.6 is 23.2 Å². The topological polar surface area (TPSA) is 76.2 Å². The third kappa shape index (κ3) is 11.7. The molecular weight excluding hydrogens is 659 g/mol. The van der Waals surface area contributed by atoms with Crippen LogP contribution in [0.1, 0.15) is 114 Å². The first-order valence-electron chi connectivity index (χ1n) is 17.9. The SMILES string of the molecule is CC[C@H](OCC(=O)N1CCN(C(=O)c2cc(C)cc(C)c2)C[C@H]1c1ccc(Cl)c(Cl)c1)[C@H](CCCC(C)C(=O)OC(C)(C)C)[C@@H](C)C(C)C. The van der Waals surface area contributed by atoms with Crippen molar-refractivity contribution >= 4 is 41.0 Å². The van der Waals surface area contributed by atoms with Crippen LogP contribution in [0.5, 0.6) is 0 Å². The Labute approximate surface area is 305 Å².